The number of nitrogens with one attached hydrogen (secondary N) is 1. The Hall–Kier alpha value is -1.97. The number of aromatic amines is 1. The number of rotatable bonds is 5. The van der Waals surface area contributed by atoms with Crippen LogP contribution in [0.25, 0.3) is 10.9 Å². The third-order valence-corrected chi connectivity index (χ3v) is 3.71. The number of H-pyrrole nitrogens is 1. The highest BCUT2D eigenvalue weighted by atomic mass is 16.5. The van der Waals surface area contributed by atoms with Crippen molar-refractivity contribution < 1.29 is 9.53 Å². The Labute approximate surface area is 126 Å². The zero-order valence-electron chi connectivity index (χ0n) is 13.4. The Balaban J connectivity index is 2.33. The molecule has 0 spiro atoms. The second kappa shape index (κ2) is 6.20. The topological polar surface area (TPSA) is 45.3 Å². The van der Waals surface area contributed by atoms with E-state index in [-0.39, 0.29) is 18.0 Å². The van der Waals surface area contributed by atoms with Crippen molar-refractivity contribution in [3.8, 4) is 5.75 Å². The second-order valence-corrected chi connectivity index (χ2v) is 5.86. The Morgan fingerprint density at radius 1 is 1.24 bits per heavy atom. The van der Waals surface area contributed by atoms with Crippen molar-refractivity contribution in [3.05, 3.63) is 30.0 Å². The van der Waals surface area contributed by atoms with Crippen LogP contribution < -0.4 is 4.74 Å². The molecule has 4 nitrogen and oxygen atoms in total. The molecule has 0 fully saturated rings. The first-order chi connectivity index (χ1) is 9.95. The molecule has 0 radical (unpaired) electrons. The lowest BCUT2D eigenvalue weighted by Crippen LogP contribution is -2.42. The number of carbonyl (C=O) groups is 1. The molecule has 1 aromatic carbocycles. The lowest BCUT2D eigenvalue weighted by atomic mass is 10.1. The van der Waals surface area contributed by atoms with E-state index in [1.54, 1.807) is 7.11 Å². The average molecular weight is 288 g/mol. The Kier molecular flexibility index (Phi) is 4.56. The van der Waals surface area contributed by atoms with E-state index in [2.05, 4.69) is 4.98 Å². The summed E-state index contributed by atoms with van der Waals surface area (Å²) in [4.78, 5) is 17.7. The first-order valence-electron chi connectivity index (χ1n) is 7.39. The average Bonchev–Trinajstić information content (AvgIpc) is 2.81. The SMILES string of the molecule is COc1cccc2[nH]cc(CC(=O)N(C(C)C)C(C)C)c12. The minimum atomic E-state index is 0.145. The number of fused-ring (bicyclic) bond motifs is 1. The number of carbonyl (C=O) groups excluding carboxylic acids is 1. The van der Waals surface area contributed by atoms with Gasteiger partial charge in [-0.3, -0.25) is 4.79 Å². The van der Waals surface area contributed by atoms with E-state index < -0.39 is 0 Å². The predicted molar refractivity (Wildman–Crippen MR) is 85.7 cm³/mol. The van der Waals surface area contributed by atoms with Crippen LogP contribution in [0.5, 0.6) is 5.75 Å². The van der Waals surface area contributed by atoms with Gasteiger partial charge < -0.3 is 14.6 Å². The van der Waals surface area contributed by atoms with Crippen molar-refractivity contribution >= 4 is 16.8 Å². The van der Waals surface area contributed by atoms with Crippen molar-refractivity contribution in [2.24, 2.45) is 0 Å². The number of methoxy groups -OCH3 is 1. The van der Waals surface area contributed by atoms with Gasteiger partial charge in [-0.1, -0.05) is 6.07 Å². The monoisotopic (exact) mass is 288 g/mol. The molecule has 2 rings (SSSR count). The molecule has 0 saturated heterocycles. The smallest absolute Gasteiger partial charge is 0.227 e. The van der Waals surface area contributed by atoms with E-state index in [0.29, 0.717) is 6.42 Å². The highest BCUT2D eigenvalue weighted by Crippen LogP contribution is 2.29. The van der Waals surface area contributed by atoms with E-state index >= 15 is 0 Å². The van der Waals surface area contributed by atoms with Crippen molar-refractivity contribution in [3.63, 3.8) is 0 Å². The number of amides is 1. The highest BCUT2D eigenvalue weighted by molar-refractivity contribution is 5.93. The van der Waals surface area contributed by atoms with Gasteiger partial charge in [-0.15, -0.1) is 0 Å². The summed E-state index contributed by atoms with van der Waals surface area (Å²) in [6, 6.07) is 6.26. The number of nitrogens with zero attached hydrogens (tertiary/aromatic N) is 1. The Morgan fingerprint density at radius 2 is 1.90 bits per heavy atom. The maximum Gasteiger partial charge on any atom is 0.227 e. The van der Waals surface area contributed by atoms with E-state index in [1.165, 1.54) is 0 Å². The van der Waals surface area contributed by atoms with Crippen LogP contribution in [-0.2, 0) is 11.2 Å². The molecule has 0 bridgehead atoms. The van der Waals surface area contributed by atoms with Crippen molar-refractivity contribution in [2.45, 2.75) is 46.2 Å². The summed E-state index contributed by atoms with van der Waals surface area (Å²) in [7, 11) is 1.65. The van der Waals surface area contributed by atoms with Gasteiger partial charge in [-0.2, -0.15) is 0 Å². The van der Waals surface area contributed by atoms with Gasteiger partial charge in [0.05, 0.1) is 13.5 Å². The molecule has 1 N–H and O–H groups in total. The number of aromatic nitrogens is 1. The number of hydrogen-bond donors (Lipinski definition) is 1. The van der Waals surface area contributed by atoms with Gasteiger partial charge in [-0.25, -0.2) is 0 Å². The van der Waals surface area contributed by atoms with E-state index in [0.717, 1.165) is 22.2 Å². The minimum Gasteiger partial charge on any atom is -0.496 e. The molecule has 0 aliphatic heterocycles. The summed E-state index contributed by atoms with van der Waals surface area (Å²) in [5.41, 5.74) is 1.98. The van der Waals surface area contributed by atoms with Crippen LogP contribution >= 0.6 is 0 Å². The van der Waals surface area contributed by atoms with E-state index in [1.807, 2.05) is 57.0 Å². The maximum absolute atomic E-state index is 12.6. The fraction of sp³-hybridized carbons (Fsp3) is 0.471. The quantitative estimate of drug-likeness (QED) is 0.917. The molecule has 0 saturated carbocycles. The molecular formula is C17H24N2O2. The second-order valence-electron chi connectivity index (χ2n) is 5.86. The molecule has 0 atom stereocenters. The third kappa shape index (κ3) is 3.04. The fourth-order valence-electron chi connectivity index (χ4n) is 2.96. The largest absolute Gasteiger partial charge is 0.496 e. The molecule has 0 unspecified atom stereocenters. The zero-order valence-corrected chi connectivity index (χ0v) is 13.4. The molecule has 0 aliphatic carbocycles. The summed E-state index contributed by atoms with van der Waals surface area (Å²) in [6.45, 7) is 8.20. The first-order valence-corrected chi connectivity index (χ1v) is 7.39. The summed E-state index contributed by atoms with van der Waals surface area (Å²) in [6.07, 6.45) is 2.29. The number of ether oxygens (including phenoxy) is 1. The van der Waals surface area contributed by atoms with Crippen LogP contribution in [-0.4, -0.2) is 35.0 Å². The molecule has 114 valence electrons. The lowest BCUT2D eigenvalue weighted by Gasteiger charge is -2.30. The summed E-state index contributed by atoms with van der Waals surface area (Å²) < 4.78 is 5.42. The number of benzene rings is 1. The molecule has 4 heteroatoms. The van der Waals surface area contributed by atoms with Crippen LogP contribution in [0.2, 0.25) is 0 Å². The predicted octanol–water partition coefficient (Wildman–Crippen LogP) is 3.36. The number of hydrogen-bond acceptors (Lipinski definition) is 2. The molecule has 1 amide bonds. The van der Waals surface area contributed by atoms with Gasteiger partial charge in [-0.05, 0) is 45.4 Å². The summed E-state index contributed by atoms with van der Waals surface area (Å²) >= 11 is 0. The molecule has 1 aromatic heterocycles. The maximum atomic E-state index is 12.6. The summed E-state index contributed by atoms with van der Waals surface area (Å²) in [5, 5.41) is 1.00. The fourth-order valence-corrected chi connectivity index (χ4v) is 2.96. The van der Waals surface area contributed by atoms with Crippen LogP contribution in [0.15, 0.2) is 24.4 Å². The lowest BCUT2D eigenvalue weighted by molar-refractivity contribution is -0.134. The molecule has 21 heavy (non-hydrogen) atoms. The Bertz CT molecular complexity index is 621. The van der Waals surface area contributed by atoms with Gasteiger partial charge in [0.2, 0.25) is 5.91 Å². The van der Waals surface area contributed by atoms with Gasteiger partial charge in [0.1, 0.15) is 5.75 Å². The van der Waals surface area contributed by atoms with Crippen LogP contribution in [0.1, 0.15) is 33.3 Å². The van der Waals surface area contributed by atoms with Crippen LogP contribution in [0.4, 0.5) is 0 Å². The van der Waals surface area contributed by atoms with Gasteiger partial charge in [0.25, 0.3) is 0 Å². The highest BCUT2D eigenvalue weighted by Gasteiger charge is 2.22. The third-order valence-electron chi connectivity index (χ3n) is 3.71. The van der Waals surface area contributed by atoms with Gasteiger partial charge >= 0.3 is 0 Å². The van der Waals surface area contributed by atoms with Crippen LogP contribution in [0.3, 0.4) is 0 Å². The van der Waals surface area contributed by atoms with E-state index in [4.69, 9.17) is 4.74 Å². The standard InChI is InChI=1S/C17H24N2O2/c1-11(2)19(12(3)4)16(20)9-13-10-18-14-7-6-8-15(21-5)17(13)14/h6-8,10-12,18H,9H2,1-5H3. The van der Waals surface area contributed by atoms with Gasteiger partial charge in [0, 0.05) is 29.2 Å². The van der Waals surface area contributed by atoms with Crippen LogP contribution in [0, 0.1) is 0 Å². The molecule has 2 aromatic rings. The van der Waals surface area contributed by atoms with Crippen molar-refractivity contribution in [2.75, 3.05) is 7.11 Å². The van der Waals surface area contributed by atoms with Gasteiger partial charge in [0.15, 0.2) is 0 Å². The molecule has 0 aliphatic rings. The van der Waals surface area contributed by atoms with Crippen molar-refractivity contribution in [1.29, 1.82) is 0 Å². The van der Waals surface area contributed by atoms with Crippen molar-refractivity contribution in [1.82, 2.24) is 9.88 Å². The molecule has 1 heterocycles. The normalized spacial score (nSPS) is 11.4. The summed E-state index contributed by atoms with van der Waals surface area (Å²) in [5.74, 6) is 0.948. The molecular weight excluding hydrogens is 264 g/mol. The zero-order chi connectivity index (χ0) is 15.6. The Morgan fingerprint density at radius 3 is 2.48 bits per heavy atom. The first kappa shape index (κ1) is 15.4. The van der Waals surface area contributed by atoms with E-state index in [9.17, 15) is 4.79 Å². The minimum absolute atomic E-state index is 0.145.